The van der Waals surface area contributed by atoms with E-state index < -0.39 is 5.60 Å². The Hall–Kier alpha value is -1.62. The molecule has 1 aromatic rings. The fourth-order valence-corrected chi connectivity index (χ4v) is 2.32. The third kappa shape index (κ3) is 3.70. The molecule has 1 atom stereocenters. The smallest absolute Gasteiger partial charge is 0.410 e. The second-order valence-electron chi connectivity index (χ2n) is 6.12. The summed E-state index contributed by atoms with van der Waals surface area (Å²) < 4.78 is 5.50. The Labute approximate surface area is 120 Å². The van der Waals surface area contributed by atoms with Crippen LogP contribution in [0.4, 0.5) is 4.79 Å². The molecule has 0 spiro atoms. The van der Waals surface area contributed by atoms with E-state index in [0.29, 0.717) is 6.54 Å². The largest absolute Gasteiger partial charge is 0.444 e. The van der Waals surface area contributed by atoms with Crippen molar-refractivity contribution in [3.05, 3.63) is 29.6 Å². The number of rotatable bonds is 1. The van der Waals surface area contributed by atoms with E-state index in [9.17, 15) is 4.79 Å². The van der Waals surface area contributed by atoms with Crippen molar-refractivity contribution in [2.75, 3.05) is 19.6 Å². The Bertz CT molecular complexity index is 482. The van der Waals surface area contributed by atoms with Crippen molar-refractivity contribution in [1.29, 1.82) is 0 Å². The Balaban J connectivity index is 2.19. The van der Waals surface area contributed by atoms with E-state index in [1.807, 2.05) is 39.8 Å². The number of aryl methyl sites for hydroxylation is 1. The molecule has 5 nitrogen and oxygen atoms in total. The van der Waals surface area contributed by atoms with Gasteiger partial charge in [0.25, 0.3) is 0 Å². The molecule has 110 valence electrons. The topological polar surface area (TPSA) is 54.5 Å². The Morgan fingerprint density at radius 2 is 2.25 bits per heavy atom. The minimum atomic E-state index is -0.472. The zero-order chi connectivity index (χ0) is 14.8. The highest BCUT2D eigenvalue weighted by Gasteiger charge is 2.31. The summed E-state index contributed by atoms with van der Waals surface area (Å²) in [5.41, 5.74) is 1.58. The van der Waals surface area contributed by atoms with Gasteiger partial charge in [-0.3, -0.25) is 9.88 Å². The van der Waals surface area contributed by atoms with Crippen LogP contribution < -0.4 is 5.32 Å². The number of carbonyl (C=O) groups is 1. The summed E-state index contributed by atoms with van der Waals surface area (Å²) in [5, 5.41) is 3.33. The Kier molecular flexibility index (Phi) is 4.28. The van der Waals surface area contributed by atoms with E-state index in [2.05, 4.69) is 10.3 Å². The molecular formula is C15H23N3O2. The lowest BCUT2D eigenvalue weighted by atomic mass is 10.0. The summed E-state index contributed by atoms with van der Waals surface area (Å²) in [7, 11) is 0. The molecule has 0 saturated carbocycles. The summed E-state index contributed by atoms with van der Waals surface area (Å²) in [4.78, 5) is 18.4. The molecule has 2 rings (SSSR count). The number of piperazine rings is 1. The molecule has 1 amide bonds. The van der Waals surface area contributed by atoms with Crippen molar-refractivity contribution in [2.45, 2.75) is 39.3 Å². The molecule has 2 heterocycles. The molecule has 20 heavy (non-hydrogen) atoms. The van der Waals surface area contributed by atoms with E-state index in [-0.39, 0.29) is 12.1 Å². The predicted molar refractivity (Wildman–Crippen MR) is 77.5 cm³/mol. The average Bonchev–Trinajstić information content (AvgIpc) is 2.37. The molecule has 1 fully saturated rings. The maximum atomic E-state index is 12.3. The fourth-order valence-electron chi connectivity index (χ4n) is 2.32. The van der Waals surface area contributed by atoms with Crippen LogP contribution in [-0.4, -0.2) is 41.2 Å². The summed E-state index contributed by atoms with van der Waals surface area (Å²) in [6, 6.07) is 3.98. The number of aromatic nitrogens is 1. The number of nitrogens with zero attached hydrogens (tertiary/aromatic N) is 2. The molecule has 1 unspecified atom stereocenters. The van der Waals surface area contributed by atoms with Gasteiger partial charge in [-0.15, -0.1) is 0 Å². The van der Waals surface area contributed by atoms with Crippen LogP contribution in [-0.2, 0) is 4.74 Å². The van der Waals surface area contributed by atoms with Crippen LogP contribution >= 0.6 is 0 Å². The van der Waals surface area contributed by atoms with Crippen molar-refractivity contribution in [1.82, 2.24) is 15.2 Å². The molecule has 1 saturated heterocycles. The standard InChI is InChI=1S/C15H23N3O2/c1-11-9-12(5-6-17-11)13-10-16-7-8-18(13)14(19)20-15(2,3)4/h5-6,9,13,16H,7-8,10H2,1-4H3. The summed E-state index contributed by atoms with van der Waals surface area (Å²) in [5.74, 6) is 0. The quantitative estimate of drug-likeness (QED) is 0.855. The molecular weight excluding hydrogens is 254 g/mol. The van der Waals surface area contributed by atoms with Crippen LogP contribution in [0, 0.1) is 6.92 Å². The Morgan fingerprint density at radius 3 is 2.90 bits per heavy atom. The van der Waals surface area contributed by atoms with Gasteiger partial charge in [0, 0.05) is 31.5 Å². The minimum absolute atomic E-state index is 0.000278. The normalized spacial score (nSPS) is 19.8. The van der Waals surface area contributed by atoms with Crippen LogP contribution in [0.3, 0.4) is 0 Å². The second kappa shape index (κ2) is 5.79. The van der Waals surface area contributed by atoms with Crippen molar-refractivity contribution < 1.29 is 9.53 Å². The van der Waals surface area contributed by atoms with Crippen LogP contribution in [0.15, 0.2) is 18.3 Å². The van der Waals surface area contributed by atoms with Crippen molar-refractivity contribution in [3.63, 3.8) is 0 Å². The van der Waals surface area contributed by atoms with Gasteiger partial charge >= 0.3 is 6.09 Å². The molecule has 5 heteroatoms. The van der Waals surface area contributed by atoms with E-state index in [0.717, 1.165) is 24.3 Å². The van der Waals surface area contributed by atoms with Gasteiger partial charge in [0.05, 0.1) is 6.04 Å². The lowest BCUT2D eigenvalue weighted by molar-refractivity contribution is 0.0118. The molecule has 0 radical (unpaired) electrons. The van der Waals surface area contributed by atoms with Crippen molar-refractivity contribution in [3.8, 4) is 0 Å². The van der Waals surface area contributed by atoms with E-state index in [4.69, 9.17) is 4.74 Å². The number of ether oxygens (including phenoxy) is 1. The van der Waals surface area contributed by atoms with E-state index >= 15 is 0 Å². The molecule has 1 aliphatic heterocycles. The first-order chi connectivity index (χ1) is 9.37. The highest BCUT2D eigenvalue weighted by atomic mass is 16.6. The van der Waals surface area contributed by atoms with Gasteiger partial charge in [0.1, 0.15) is 5.60 Å². The minimum Gasteiger partial charge on any atom is -0.444 e. The number of carbonyl (C=O) groups excluding carboxylic acids is 1. The van der Waals surface area contributed by atoms with E-state index in [1.165, 1.54) is 0 Å². The second-order valence-corrected chi connectivity index (χ2v) is 6.12. The van der Waals surface area contributed by atoms with Crippen LogP contribution in [0.2, 0.25) is 0 Å². The predicted octanol–water partition coefficient (Wildman–Crippen LogP) is 2.27. The number of pyridine rings is 1. The lowest BCUT2D eigenvalue weighted by Gasteiger charge is -2.37. The number of nitrogens with one attached hydrogen (secondary N) is 1. The fraction of sp³-hybridized carbons (Fsp3) is 0.600. The summed E-state index contributed by atoms with van der Waals surface area (Å²) in [6.07, 6.45) is 1.53. The average molecular weight is 277 g/mol. The molecule has 1 aliphatic rings. The number of hydrogen-bond acceptors (Lipinski definition) is 4. The van der Waals surface area contributed by atoms with Crippen LogP contribution in [0.25, 0.3) is 0 Å². The van der Waals surface area contributed by atoms with Crippen LogP contribution in [0.5, 0.6) is 0 Å². The summed E-state index contributed by atoms with van der Waals surface area (Å²) in [6.45, 7) is 9.80. The molecule has 0 aliphatic carbocycles. The van der Waals surface area contributed by atoms with Gasteiger partial charge in [0.2, 0.25) is 0 Å². The van der Waals surface area contributed by atoms with Gasteiger partial charge in [-0.1, -0.05) is 0 Å². The third-order valence-electron chi connectivity index (χ3n) is 3.18. The SMILES string of the molecule is Cc1cc(C2CNCCN2C(=O)OC(C)(C)C)ccn1. The first kappa shape index (κ1) is 14.8. The lowest BCUT2D eigenvalue weighted by Crippen LogP contribution is -2.50. The first-order valence-corrected chi connectivity index (χ1v) is 7.00. The van der Waals surface area contributed by atoms with Crippen LogP contribution in [0.1, 0.15) is 38.1 Å². The van der Waals surface area contributed by atoms with Gasteiger partial charge in [-0.05, 0) is 45.4 Å². The number of amides is 1. The summed E-state index contributed by atoms with van der Waals surface area (Å²) >= 11 is 0. The molecule has 1 N–H and O–H groups in total. The highest BCUT2D eigenvalue weighted by Crippen LogP contribution is 2.24. The molecule has 0 aromatic carbocycles. The zero-order valence-corrected chi connectivity index (χ0v) is 12.6. The zero-order valence-electron chi connectivity index (χ0n) is 12.6. The maximum absolute atomic E-state index is 12.3. The van der Waals surface area contributed by atoms with E-state index in [1.54, 1.807) is 11.1 Å². The monoisotopic (exact) mass is 277 g/mol. The van der Waals surface area contributed by atoms with Gasteiger partial charge in [-0.2, -0.15) is 0 Å². The molecule has 0 bridgehead atoms. The van der Waals surface area contributed by atoms with Crippen molar-refractivity contribution in [2.24, 2.45) is 0 Å². The molecule has 1 aromatic heterocycles. The van der Waals surface area contributed by atoms with Gasteiger partial charge in [0.15, 0.2) is 0 Å². The van der Waals surface area contributed by atoms with Crippen molar-refractivity contribution >= 4 is 6.09 Å². The third-order valence-corrected chi connectivity index (χ3v) is 3.18. The highest BCUT2D eigenvalue weighted by molar-refractivity contribution is 5.69. The van der Waals surface area contributed by atoms with Gasteiger partial charge in [-0.25, -0.2) is 4.79 Å². The first-order valence-electron chi connectivity index (χ1n) is 7.00. The van der Waals surface area contributed by atoms with Gasteiger partial charge < -0.3 is 10.1 Å². The number of hydrogen-bond donors (Lipinski definition) is 1. The Morgan fingerprint density at radius 1 is 1.50 bits per heavy atom. The maximum Gasteiger partial charge on any atom is 0.410 e.